The van der Waals surface area contributed by atoms with Gasteiger partial charge < -0.3 is 10.1 Å². The summed E-state index contributed by atoms with van der Waals surface area (Å²) < 4.78 is 5.54. The van der Waals surface area contributed by atoms with Crippen LogP contribution in [-0.4, -0.2) is 18.2 Å². The summed E-state index contributed by atoms with van der Waals surface area (Å²) in [6.45, 7) is 5.26. The van der Waals surface area contributed by atoms with Crippen molar-refractivity contribution >= 4 is 0 Å². The van der Waals surface area contributed by atoms with Crippen LogP contribution in [0.1, 0.15) is 25.8 Å². The zero-order chi connectivity index (χ0) is 12.1. The van der Waals surface area contributed by atoms with Crippen LogP contribution in [0.15, 0.2) is 42.7 Å². The van der Waals surface area contributed by atoms with Crippen molar-refractivity contribution in [1.29, 1.82) is 0 Å². The largest absolute Gasteiger partial charge is 0.496 e. The monoisotopic (exact) mass is 231 g/mol. The van der Waals surface area contributed by atoms with Crippen molar-refractivity contribution in [3.8, 4) is 0 Å². The highest BCUT2D eigenvalue weighted by molar-refractivity contribution is 5.15. The molecule has 1 atom stereocenters. The first kappa shape index (κ1) is 12.2. The molecule has 2 nitrogen and oxygen atoms in total. The number of ether oxygens (including phenoxy) is 1. The lowest BCUT2D eigenvalue weighted by molar-refractivity contribution is 0.0305. The SMILES string of the molecule is CC1(C)CC(NCCc2ccccc2)C=CO1. The highest BCUT2D eigenvalue weighted by Crippen LogP contribution is 2.22. The molecule has 0 saturated heterocycles. The van der Waals surface area contributed by atoms with Crippen molar-refractivity contribution in [2.45, 2.75) is 38.3 Å². The standard InChI is InChI=1S/C15H21NO/c1-15(2)12-14(9-11-17-15)16-10-8-13-6-4-3-5-7-13/h3-7,9,11,14,16H,8,10,12H2,1-2H3. The maximum absolute atomic E-state index is 5.54. The molecule has 0 fully saturated rings. The molecule has 2 rings (SSSR count). The number of nitrogens with one attached hydrogen (secondary N) is 1. The molecular formula is C15H21NO. The van der Waals surface area contributed by atoms with E-state index in [1.165, 1.54) is 5.56 Å². The summed E-state index contributed by atoms with van der Waals surface area (Å²) in [5, 5.41) is 3.56. The van der Waals surface area contributed by atoms with Crippen molar-refractivity contribution < 1.29 is 4.74 Å². The Labute approximate surface area is 104 Å². The van der Waals surface area contributed by atoms with Gasteiger partial charge in [0.25, 0.3) is 0 Å². The Morgan fingerprint density at radius 1 is 1.29 bits per heavy atom. The minimum Gasteiger partial charge on any atom is -0.496 e. The Kier molecular flexibility index (Phi) is 3.85. The van der Waals surface area contributed by atoms with Gasteiger partial charge in [-0.25, -0.2) is 0 Å². The molecule has 0 aliphatic carbocycles. The van der Waals surface area contributed by atoms with Crippen molar-refractivity contribution in [3.63, 3.8) is 0 Å². The molecule has 0 saturated carbocycles. The van der Waals surface area contributed by atoms with E-state index in [1.54, 1.807) is 0 Å². The molecule has 1 aromatic rings. The minimum atomic E-state index is -0.0425. The lowest BCUT2D eigenvalue weighted by Gasteiger charge is -2.32. The average molecular weight is 231 g/mol. The minimum absolute atomic E-state index is 0.0425. The van der Waals surface area contributed by atoms with Gasteiger partial charge in [-0.15, -0.1) is 0 Å². The third-order valence-corrected chi connectivity index (χ3v) is 3.07. The molecule has 1 aliphatic rings. The molecule has 17 heavy (non-hydrogen) atoms. The van der Waals surface area contributed by atoms with Crippen molar-refractivity contribution in [3.05, 3.63) is 48.2 Å². The van der Waals surface area contributed by atoms with Gasteiger partial charge in [0.05, 0.1) is 6.26 Å². The first-order chi connectivity index (χ1) is 8.16. The van der Waals surface area contributed by atoms with Crippen LogP contribution in [0, 0.1) is 0 Å². The van der Waals surface area contributed by atoms with E-state index in [0.717, 1.165) is 19.4 Å². The molecule has 0 aromatic heterocycles. The van der Waals surface area contributed by atoms with Gasteiger partial charge in [0.1, 0.15) is 5.60 Å². The van der Waals surface area contributed by atoms with Gasteiger partial charge in [0.15, 0.2) is 0 Å². The van der Waals surface area contributed by atoms with Gasteiger partial charge in [-0.1, -0.05) is 30.3 Å². The van der Waals surface area contributed by atoms with Crippen LogP contribution in [0.2, 0.25) is 0 Å². The molecule has 1 heterocycles. The average Bonchev–Trinajstić information content (AvgIpc) is 2.29. The predicted molar refractivity (Wildman–Crippen MR) is 70.9 cm³/mol. The normalized spacial score (nSPS) is 22.1. The number of benzene rings is 1. The molecule has 0 spiro atoms. The third kappa shape index (κ3) is 3.90. The number of hydrogen-bond acceptors (Lipinski definition) is 2. The van der Waals surface area contributed by atoms with Crippen molar-refractivity contribution in [2.75, 3.05) is 6.54 Å². The quantitative estimate of drug-likeness (QED) is 0.860. The second-order valence-electron chi connectivity index (χ2n) is 5.21. The molecule has 1 aromatic carbocycles. The molecule has 0 radical (unpaired) electrons. The first-order valence-electron chi connectivity index (χ1n) is 6.27. The maximum Gasteiger partial charge on any atom is 0.104 e. The van der Waals surface area contributed by atoms with Gasteiger partial charge in [-0.2, -0.15) is 0 Å². The van der Waals surface area contributed by atoms with E-state index in [-0.39, 0.29) is 5.60 Å². The molecule has 0 bridgehead atoms. The van der Waals surface area contributed by atoms with E-state index in [4.69, 9.17) is 4.74 Å². The van der Waals surface area contributed by atoms with Gasteiger partial charge >= 0.3 is 0 Å². The van der Waals surface area contributed by atoms with Crippen molar-refractivity contribution in [1.82, 2.24) is 5.32 Å². The second kappa shape index (κ2) is 5.37. The Morgan fingerprint density at radius 3 is 2.76 bits per heavy atom. The lowest BCUT2D eigenvalue weighted by atomic mass is 9.97. The van der Waals surface area contributed by atoms with E-state index >= 15 is 0 Å². The van der Waals surface area contributed by atoms with Gasteiger partial charge in [-0.3, -0.25) is 0 Å². The van der Waals surface area contributed by atoms with Crippen LogP contribution in [0.5, 0.6) is 0 Å². The van der Waals surface area contributed by atoms with Crippen LogP contribution < -0.4 is 5.32 Å². The Balaban J connectivity index is 1.76. The highest BCUT2D eigenvalue weighted by Gasteiger charge is 2.25. The fraction of sp³-hybridized carbons (Fsp3) is 0.467. The molecule has 1 N–H and O–H groups in total. The highest BCUT2D eigenvalue weighted by atomic mass is 16.5. The molecule has 2 heteroatoms. The van der Waals surface area contributed by atoms with Crippen molar-refractivity contribution in [2.24, 2.45) is 0 Å². The third-order valence-electron chi connectivity index (χ3n) is 3.07. The molecular weight excluding hydrogens is 210 g/mol. The van der Waals surface area contributed by atoms with Crippen LogP contribution in [0.25, 0.3) is 0 Å². The Bertz CT molecular complexity index is 370. The van der Waals surface area contributed by atoms with Gasteiger partial charge in [0, 0.05) is 12.5 Å². The predicted octanol–water partition coefficient (Wildman–Crippen LogP) is 2.90. The summed E-state index contributed by atoms with van der Waals surface area (Å²) in [4.78, 5) is 0. The summed E-state index contributed by atoms with van der Waals surface area (Å²) in [5.41, 5.74) is 1.34. The summed E-state index contributed by atoms with van der Waals surface area (Å²) in [7, 11) is 0. The van der Waals surface area contributed by atoms with Gasteiger partial charge in [0.2, 0.25) is 0 Å². The van der Waals surface area contributed by atoms with Crippen LogP contribution in [0.4, 0.5) is 0 Å². The van der Waals surface area contributed by atoms with E-state index in [9.17, 15) is 0 Å². The van der Waals surface area contributed by atoms with Crippen LogP contribution in [0.3, 0.4) is 0 Å². The molecule has 92 valence electrons. The Morgan fingerprint density at radius 2 is 2.06 bits per heavy atom. The van der Waals surface area contributed by atoms with E-state index in [2.05, 4.69) is 55.6 Å². The van der Waals surface area contributed by atoms with E-state index in [0.29, 0.717) is 6.04 Å². The van der Waals surface area contributed by atoms with Gasteiger partial charge in [-0.05, 0) is 38.5 Å². The summed E-state index contributed by atoms with van der Waals surface area (Å²) >= 11 is 0. The second-order valence-corrected chi connectivity index (χ2v) is 5.21. The summed E-state index contributed by atoms with van der Waals surface area (Å²) in [6, 6.07) is 11.0. The lowest BCUT2D eigenvalue weighted by Crippen LogP contribution is -2.39. The zero-order valence-electron chi connectivity index (χ0n) is 10.6. The smallest absolute Gasteiger partial charge is 0.104 e. The molecule has 1 unspecified atom stereocenters. The fourth-order valence-electron chi connectivity index (χ4n) is 2.15. The van der Waals surface area contributed by atoms with Crippen LogP contribution >= 0.6 is 0 Å². The molecule has 1 aliphatic heterocycles. The summed E-state index contributed by atoms with van der Waals surface area (Å²) in [6.07, 6.45) is 6.03. The first-order valence-corrected chi connectivity index (χ1v) is 6.27. The zero-order valence-corrected chi connectivity index (χ0v) is 10.6. The number of hydrogen-bond donors (Lipinski definition) is 1. The fourth-order valence-corrected chi connectivity index (χ4v) is 2.15. The summed E-state index contributed by atoms with van der Waals surface area (Å²) in [5.74, 6) is 0. The van der Waals surface area contributed by atoms with E-state index < -0.39 is 0 Å². The van der Waals surface area contributed by atoms with E-state index in [1.807, 2.05) is 6.26 Å². The maximum atomic E-state index is 5.54. The van der Waals surface area contributed by atoms with Crippen LogP contribution in [-0.2, 0) is 11.2 Å². The topological polar surface area (TPSA) is 21.3 Å². The molecule has 0 amide bonds. The Hall–Kier alpha value is -1.28. The number of rotatable bonds is 4.